The molecule has 0 spiro atoms. The summed E-state index contributed by atoms with van der Waals surface area (Å²) < 4.78 is 40.0. The molecule has 0 unspecified atom stereocenters. The summed E-state index contributed by atoms with van der Waals surface area (Å²) in [5, 5.41) is 4.04. The molecule has 0 saturated heterocycles. The summed E-state index contributed by atoms with van der Waals surface area (Å²) in [7, 11) is -2.84. The number of aromatic nitrogens is 2. The molecule has 2 heterocycles. The number of amides is 1. The van der Waals surface area contributed by atoms with Gasteiger partial charge in [0.1, 0.15) is 0 Å². The molecule has 0 saturated carbocycles. The van der Waals surface area contributed by atoms with Crippen LogP contribution in [0.15, 0.2) is 47.4 Å². The zero-order valence-corrected chi connectivity index (χ0v) is 21.7. The lowest BCUT2D eigenvalue weighted by Crippen LogP contribution is -2.36. The highest BCUT2D eigenvalue weighted by Gasteiger charge is 2.31. The van der Waals surface area contributed by atoms with E-state index in [0.29, 0.717) is 37.0 Å². The molecule has 4 rings (SSSR count). The maximum absolute atomic E-state index is 13.9. The van der Waals surface area contributed by atoms with Gasteiger partial charge < -0.3 is 14.8 Å². The summed E-state index contributed by atoms with van der Waals surface area (Å²) >= 11 is 7.31. The van der Waals surface area contributed by atoms with Crippen LogP contribution < -0.4 is 5.32 Å². The third-order valence-corrected chi connectivity index (χ3v) is 8.16. The van der Waals surface area contributed by atoms with Crippen LogP contribution in [-0.4, -0.2) is 42.0 Å². The van der Waals surface area contributed by atoms with Crippen LogP contribution in [0.1, 0.15) is 26.5 Å². The molecular formula is C23H22ClN3O6S2. The van der Waals surface area contributed by atoms with Crippen molar-refractivity contribution in [2.75, 3.05) is 12.4 Å². The van der Waals surface area contributed by atoms with Gasteiger partial charge >= 0.3 is 5.97 Å². The van der Waals surface area contributed by atoms with Crippen LogP contribution in [0.3, 0.4) is 0 Å². The van der Waals surface area contributed by atoms with Crippen LogP contribution in [0.25, 0.3) is 21.1 Å². The molecule has 0 aliphatic rings. The highest BCUT2D eigenvalue weighted by molar-refractivity contribution is 7.90. The number of fused-ring (bicyclic) bond motifs is 2. The van der Waals surface area contributed by atoms with Gasteiger partial charge in [-0.1, -0.05) is 22.9 Å². The fourth-order valence-electron chi connectivity index (χ4n) is 3.54. The molecule has 0 radical (unpaired) electrons. The third-order valence-electron chi connectivity index (χ3n) is 5.23. The quantitative estimate of drug-likeness (QED) is 0.344. The Labute approximate surface area is 210 Å². The normalized spacial score (nSPS) is 12.3. The highest BCUT2D eigenvalue weighted by atomic mass is 35.5. The molecule has 0 bridgehead atoms. The van der Waals surface area contributed by atoms with Crippen LogP contribution in [0.5, 0.6) is 0 Å². The third kappa shape index (κ3) is 4.90. The van der Waals surface area contributed by atoms with Gasteiger partial charge in [-0.25, -0.2) is 22.2 Å². The van der Waals surface area contributed by atoms with Crippen LogP contribution in [0, 0.1) is 0 Å². The monoisotopic (exact) mass is 535 g/mol. The number of halogens is 1. The second-order valence-corrected chi connectivity index (χ2v) is 11.5. The molecule has 12 heteroatoms. The molecule has 0 aliphatic heterocycles. The molecule has 1 N–H and O–H groups in total. The van der Waals surface area contributed by atoms with Gasteiger partial charge in [-0.2, -0.15) is 0 Å². The first-order valence-electron chi connectivity index (χ1n) is 10.4. The fourth-order valence-corrected chi connectivity index (χ4v) is 6.30. The number of esters is 1. The molecular weight excluding hydrogens is 514 g/mol. The lowest BCUT2D eigenvalue weighted by atomic mass is 10.1. The number of anilines is 1. The summed E-state index contributed by atoms with van der Waals surface area (Å²) in [6.45, 7) is 4.28. The molecule has 2 aromatic heterocycles. The van der Waals surface area contributed by atoms with E-state index in [-0.39, 0.29) is 17.4 Å². The van der Waals surface area contributed by atoms with Gasteiger partial charge in [-0.05, 0) is 56.3 Å². The van der Waals surface area contributed by atoms with E-state index in [1.807, 2.05) is 0 Å². The zero-order valence-electron chi connectivity index (χ0n) is 19.3. The lowest BCUT2D eigenvalue weighted by molar-refractivity contribution is -0.166. The number of carbonyl (C=O) groups is 2. The first-order valence-corrected chi connectivity index (χ1v) is 13.0. The van der Waals surface area contributed by atoms with Gasteiger partial charge in [0.25, 0.3) is 10.0 Å². The number of ether oxygens (including phenoxy) is 2. The lowest BCUT2D eigenvalue weighted by Gasteiger charge is -2.22. The Morgan fingerprint density at radius 2 is 1.91 bits per heavy atom. The Hall–Kier alpha value is -2.99. The van der Waals surface area contributed by atoms with E-state index >= 15 is 0 Å². The van der Waals surface area contributed by atoms with E-state index in [1.54, 1.807) is 44.2 Å². The molecule has 0 atom stereocenters. The maximum atomic E-state index is 13.9. The maximum Gasteiger partial charge on any atom is 0.337 e. The van der Waals surface area contributed by atoms with Gasteiger partial charge in [0.2, 0.25) is 5.91 Å². The first-order chi connectivity index (χ1) is 16.4. The molecule has 2 aromatic carbocycles. The Morgan fingerprint density at radius 1 is 1.17 bits per heavy atom. The van der Waals surface area contributed by atoms with E-state index in [1.165, 1.54) is 41.5 Å². The van der Waals surface area contributed by atoms with Gasteiger partial charge in [-0.3, -0.25) is 4.79 Å². The first kappa shape index (κ1) is 25.1. The summed E-state index contributed by atoms with van der Waals surface area (Å²) in [6.07, 6.45) is 0. The van der Waals surface area contributed by atoms with Crippen molar-refractivity contribution in [1.29, 1.82) is 0 Å². The standard InChI is InChI=1S/C23H22ClN3O6S2/c1-13(28)25-22-26-18-7-6-17(11-20(18)34-22)35(30,31)27-16(12-33-23(2,3)21(29)32-4)10-14-9-15(24)5-8-19(14)27/h5-11H,12H2,1-4H3,(H,25,26,28). The van der Waals surface area contributed by atoms with Gasteiger partial charge in [0.05, 0.1) is 40.0 Å². The Kier molecular flexibility index (Phi) is 6.62. The minimum Gasteiger partial charge on any atom is -0.467 e. The molecule has 35 heavy (non-hydrogen) atoms. The summed E-state index contributed by atoms with van der Waals surface area (Å²) in [4.78, 5) is 27.7. The Balaban J connectivity index is 1.81. The van der Waals surface area contributed by atoms with Crippen molar-refractivity contribution in [3.8, 4) is 0 Å². The fraction of sp³-hybridized carbons (Fsp3) is 0.261. The number of thiazole rings is 1. The van der Waals surface area contributed by atoms with Crippen molar-refractivity contribution in [1.82, 2.24) is 8.96 Å². The van der Waals surface area contributed by atoms with Crippen molar-refractivity contribution in [2.45, 2.75) is 37.9 Å². The van der Waals surface area contributed by atoms with Gasteiger partial charge in [-0.15, -0.1) is 0 Å². The number of nitrogens with zero attached hydrogens (tertiary/aromatic N) is 2. The van der Waals surface area contributed by atoms with E-state index in [2.05, 4.69) is 10.3 Å². The smallest absolute Gasteiger partial charge is 0.337 e. The predicted octanol–water partition coefficient (Wildman–Crippen LogP) is 4.57. The second kappa shape index (κ2) is 9.23. The largest absolute Gasteiger partial charge is 0.467 e. The second-order valence-electron chi connectivity index (χ2n) is 8.23. The average Bonchev–Trinajstić information content (AvgIpc) is 3.36. The van der Waals surface area contributed by atoms with Crippen LogP contribution in [0.4, 0.5) is 5.13 Å². The highest BCUT2D eigenvalue weighted by Crippen LogP contribution is 2.32. The van der Waals surface area contributed by atoms with Crippen LogP contribution in [0.2, 0.25) is 5.02 Å². The molecule has 0 aliphatic carbocycles. The van der Waals surface area contributed by atoms with Gasteiger partial charge in [0.15, 0.2) is 10.7 Å². The van der Waals surface area contributed by atoms with Crippen LogP contribution in [-0.2, 0) is 35.7 Å². The topological polar surface area (TPSA) is 117 Å². The van der Waals surface area contributed by atoms with Crippen molar-refractivity contribution in [2.24, 2.45) is 0 Å². The van der Waals surface area contributed by atoms with E-state index in [9.17, 15) is 18.0 Å². The minimum atomic E-state index is -4.10. The van der Waals surface area contributed by atoms with Crippen molar-refractivity contribution in [3.05, 3.63) is 53.2 Å². The number of benzene rings is 2. The molecule has 9 nitrogen and oxygen atoms in total. The number of carbonyl (C=O) groups excluding carboxylic acids is 2. The average molecular weight is 536 g/mol. The Morgan fingerprint density at radius 3 is 2.60 bits per heavy atom. The van der Waals surface area contributed by atoms with E-state index < -0.39 is 21.6 Å². The summed E-state index contributed by atoms with van der Waals surface area (Å²) in [6, 6.07) is 11.1. The van der Waals surface area contributed by atoms with Crippen molar-refractivity contribution < 1.29 is 27.5 Å². The number of methoxy groups -OCH3 is 1. The number of nitrogens with one attached hydrogen (secondary N) is 1. The zero-order chi connectivity index (χ0) is 25.5. The van der Waals surface area contributed by atoms with E-state index in [4.69, 9.17) is 21.1 Å². The summed E-state index contributed by atoms with van der Waals surface area (Å²) in [5.74, 6) is -0.856. The Bertz CT molecular complexity index is 1570. The van der Waals surface area contributed by atoms with Crippen LogP contribution >= 0.6 is 22.9 Å². The summed E-state index contributed by atoms with van der Waals surface area (Å²) in [5.41, 5.74) is -0.0148. The van der Waals surface area contributed by atoms with Crippen molar-refractivity contribution >= 4 is 71.1 Å². The molecule has 1 amide bonds. The molecule has 184 valence electrons. The minimum absolute atomic E-state index is 0.0314. The number of hydrogen-bond donors (Lipinski definition) is 1. The SMILES string of the molecule is COC(=O)C(C)(C)OCc1cc2cc(Cl)ccc2n1S(=O)(=O)c1ccc2nc(NC(C)=O)sc2c1. The number of hydrogen-bond acceptors (Lipinski definition) is 8. The predicted molar refractivity (Wildman–Crippen MR) is 134 cm³/mol. The van der Waals surface area contributed by atoms with Gasteiger partial charge in [0, 0.05) is 17.3 Å². The van der Waals surface area contributed by atoms with E-state index in [0.717, 1.165) is 0 Å². The van der Waals surface area contributed by atoms with Crippen molar-refractivity contribution in [3.63, 3.8) is 0 Å². The molecule has 4 aromatic rings. The number of rotatable bonds is 7. The molecule has 0 fully saturated rings.